The molecule has 0 fully saturated rings. The van der Waals surface area contributed by atoms with Crippen molar-refractivity contribution in [1.82, 2.24) is 4.98 Å². The molecule has 1 aromatic rings. The van der Waals surface area contributed by atoms with Gasteiger partial charge < -0.3 is 14.6 Å². The summed E-state index contributed by atoms with van der Waals surface area (Å²) in [6.07, 6.45) is 8.59. The first-order valence-electron chi connectivity index (χ1n) is 6.35. The summed E-state index contributed by atoms with van der Waals surface area (Å²) >= 11 is 1.64. The highest BCUT2D eigenvalue weighted by atomic mass is 32.1. The van der Waals surface area contributed by atoms with Crippen LogP contribution in [-0.2, 0) is 20.9 Å². The molecule has 0 spiro atoms. The molecule has 0 aliphatic heterocycles. The Morgan fingerprint density at radius 1 is 1.57 bits per heavy atom. The van der Waals surface area contributed by atoms with Gasteiger partial charge in [0, 0.05) is 17.9 Å². The van der Waals surface area contributed by atoms with E-state index in [9.17, 15) is 0 Å². The number of hydrogen-bond acceptors (Lipinski definition) is 5. The lowest BCUT2D eigenvalue weighted by Crippen LogP contribution is -2.00. The summed E-state index contributed by atoms with van der Waals surface area (Å²) in [7, 11) is 1.65. The van der Waals surface area contributed by atoms with Crippen LogP contribution < -0.4 is 0 Å². The second kappa shape index (κ2) is 8.97. The van der Waals surface area contributed by atoms with Crippen molar-refractivity contribution in [2.24, 2.45) is 0 Å². The highest BCUT2D eigenvalue weighted by Gasteiger charge is 2.09. The number of carboxylic acid groups (broad SMARTS) is 1. The molecule has 21 heavy (non-hydrogen) atoms. The standard InChI is InChI=1S/C13H15NO2S.C2H4O2/c1-10-14-12(9-17-10)8-16-13-6-4-3-5-11(13)7-15-2;1-2(3)4/h3-4,6-7,9H,5,8H2,1-2H3;1H3,(H,3,4). The number of aryl methyl sites for hydroxylation is 1. The van der Waals surface area contributed by atoms with Gasteiger partial charge in [0.1, 0.15) is 12.4 Å². The lowest BCUT2D eigenvalue weighted by atomic mass is 10.1. The third kappa shape index (κ3) is 6.76. The largest absolute Gasteiger partial charge is 0.504 e. The Labute approximate surface area is 128 Å². The van der Waals surface area contributed by atoms with Crippen molar-refractivity contribution in [3.05, 3.63) is 51.9 Å². The van der Waals surface area contributed by atoms with Gasteiger partial charge >= 0.3 is 0 Å². The second-order valence-electron chi connectivity index (χ2n) is 4.21. The van der Waals surface area contributed by atoms with Gasteiger partial charge in [0.15, 0.2) is 0 Å². The van der Waals surface area contributed by atoms with E-state index in [1.165, 1.54) is 0 Å². The summed E-state index contributed by atoms with van der Waals surface area (Å²) in [5, 5.41) is 10.5. The molecule has 0 bridgehead atoms. The molecule has 2 rings (SSSR count). The minimum atomic E-state index is -0.833. The lowest BCUT2D eigenvalue weighted by molar-refractivity contribution is -0.134. The third-order valence-corrected chi connectivity index (χ3v) is 3.16. The number of ether oxygens (including phenoxy) is 2. The molecule has 0 saturated heterocycles. The number of allylic oxidation sites excluding steroid dienone is 4. The van der Waals surface area contributed by atoms with Crippen molar-refractivity contribution in [2.75, 3.05) is 7.11 Å². The maximum absolute atomic E-state index is 9.00. The van der Waals surface area contributed by atoms with Crippen LogP contribution in [0.25, 0.3) is 0 Å². The first-order chi connectivity index (χ1) is 10.0. The first kappa shape index (κ1) is 17.0. The van der Waals surface area contributed by atoms with Crippen molar-refractivity contribution in [3.63, 3.8) is 0 Å². The number of thiazole rings is 1. The van der Waals surface area contributed by atoms with Crippen molar-refractivity contribution >= 4 is 17.3 Å². The van der Waals surface area contributed by atoms with Crippen LogP contribution in [0.4, 0.5) is 0 Å². The van der Waals surface area contributed by atoms with Crippen LogP contribution in [0.3, 0.4) is 0 Å². The van der Waals surface area contributed by atoms with Crippen LogP contribution >= 0.6 is 11.3 Å². The maximum atomic E-state index is 9.00. The zero-order valence-electron chi connectivity index (χ0n) is 12.3. The van der Waals surface area contributed by atoms with Crippen LogP contribution in [0, 0.1) is 6.92 Å². The Morgan fingerprint density at radius 3 is 2.86 bits per heavy atom. The Hall–Kier alpha value is -2.08. The second-order valence-corrected chi connectivity index (χ2v) is 5.27. The topological polar surface area (TPSA) is 68.7 Å². The van der Waals surface area contributed by atoms with Gasteiger partial charge in [0.25, 0.3) is 5.97 Å². The lowest BCUT2D eigenvalue weighted by Gasteiger charge is -2.13. The monoisotopic (exact) mass is 309 g/mol. The zero-order chi connectivity index (χ0) is 15.7. The van der Waals surface area contributed by atoms with Crippen molar-refractivity contribution in [3.8, 4) is 0 Å². The predicted molar refractivity (Wildman–Crippen MR) is 81.9 cm³/mol. The van der Waals surface area contributed by atoms with Crippen molar-refractivity contribution < 1.29 is 19.4 Å². The molecular formula is C15H19NO4S. The Balaban J connectivity index is 0.000000491. The van der Waals surface area contributed by atoms with E-state index < -0.39 is 5.97 Å². The summed E-state index contributed by atoms with van der Waals surface area (Å²) in [5.41, 5.74) is 2.03. The summed E-state index contributed by atoms with van der Waals surface area (Å²) in [6, 6.07) is 0. The molecule has 0 atom stereocenters. The third-order valence-electron chi connectivity index (χ3n) is 2.34. The average Bonchev–Trinajstić information content (AvgIpc) is 2.83. The molecule has 1 aliphatic rings. The smallest absolute Gasteiger partial charge is 0.300 e. The Bertz CT molecular complexity index is 554. The molecule has 6 heteroatoms. The number of aliphatic carboxylic acids is 1. The van der Waals surface area contributed by atoms with E-state index in [0.29, 0.717) is 6.61 Å². The van der Waals surface area contributed by atoms with Crippen molar-refractivity contribution in [1.29, 1.82) is 0 Å². The van der Waals surface area contributed by atoms with Gasteiger partial charge in [0.2, 0.25) is 0 Å². The fraction of sp³-hybridized carbons (Fsp3) is 0.333. The molecule has 0 unspecified atom stereocenters. The fourth-order valence-electron chi connectivity index (χ4n) is 1.57. The van der Waals surface area contributed by atoms with E-state index in [2.05, 4.69) is 11.1 Å². The van der Waals surface area contributed by atoms with E-state index in [1.54, 1.807) is 24.7 Å². The normalized spacial score (nSPS) is 15.0. The van der Waals surface area contributed by atoms with Crippen LogP contribution in [0.15, 0.2) is 41.2 Å². The minimum Gasteiger partial charge on any atom is -0.504 e. The maximum Gasteiger partial charge on any atom is 0.300 e. The molecule has 1 heterocycles. The number of hydrogen-bond donors (Lipinski definition) is 1. The predicted octanol–water partition coefficient (Wildman–Crippen LogP) is 3.43. The number of carboxylic acids is 1. The summed E-state index contributed by atoms with van der Waals surface area (Å²) in [5.74, 6) is 0.0278. The van der Waals surface area contributed by atoms with E-state index in [0.717, 1.165) is 35.4 Å². The van der Waals surface area contributed by atoms with E-state index in [-0.39, 0.29) is 0 Å². The van der Waals surface area contributed by atoms with Gasteiger partial charge in [-0.3, -0.25) is 4.79 Å². The average molecular weight is 309 g/mol. The van der Waals surface area contributed by atoms with Crippen LogP contribution in [0.1, 0.15) is 24.0 Å². The number of carbonyl (C=O) groups is 1. The van der Waals surface area contributed by atoms with Crippen molar-refractivity contribution in [2.45, 2.75) is 26.9 Å². The van der Waals surface area contributed by atoms with Crippen LogP contribution in [0.5, 0.6) is 0 Å². The van der Waals surface area contributed by atoms with Crippen LogP contribution in [-0.4, -0.2) is 23.2 Å². The zero-order valence-corrected chi connectivity index (χ0v) is 13.1. The molecule has 0 saturated carbocycles. The molecule has 5 nitrogen and oxygen atoms in total. The number of rotatable bonds is 4. The fourth-order valence-corrected chi connectivity index (χ4v) is 2.17. The van der Waals surface area contributed by atoms with Crippen LogP contribution in [0.2, 0.25) is 0 Å². The molecule has 1 aliphatic carbocycles. The molecule has 1 N–H and O–H groups in total. The van der Waals surface area contributed by atoms with Gasteiger partial charge in [-0.05, 0) is 19.4 Å². The van der Waals surface area contributed by atoms with E-state index >= 15 is 0 Å². The molecule has 1 aromatic heterocycles. The highest BCUT2D eigenvalue weighted by molar-refractivity contribution is 7.09. The number of nitrogens with zero attached hydrogens (tertiary/aromatic N) is 1. The van der Waals surface area contributed by atoms with Gasteiger partial charge in [-0.2, -0.15) is 0 Å². The molecular weight excluding hydrogens is 290 g/mol. The highest BCUT2D eigenvalue weighted by Crippen LogP contribution is 2.22. The quantitative estimate of drug-likeness (QED) is 0.863. The summed E-state index contributed by atoms with van der Waals surface area (Å²) < 4.78 is 10.8. The number of aromatic nitrogens is 1. The number of methoxy groups -OCH3 is 1. The van der Waals surface area contributed by atoms with Gasteiger partial charge in [-0.1, -0.05) is 12.2 Å². The Morgan fingerprint density at radius 2 is 2.29 bits per heavy atom. The van der Waals surface area contributed by atoms with Gasteiger partial charge in [-0.25, -0.2) is 4.98 Å². The molecule has 114 valence electrons. The molecule has 0 aromatic carbocycles. The minimum absolute atomic E-state index is 0.505. The SMILES string of the molecule is CC(=O)O.COC=C1CC=CC=C1OCc1csc(C)n1. The van der Waals surface area contributed by atoms with Gasteiger partial charge in [0.05, 0.1) is 24.1 Å². The first-order valence-corrected chi connectivity index (χ1v) is 7.23. The summed E-state index contributed by atoms with van der Waals surface area (Å²) in [4.78, 5) is 13.4. The van der Waals surface area contributed by atoms with Gasteiger partial charge in [-0.15, -0.1) is 11.3 Å². The molecule has 0 amide bonds. The molecule has 0 radical (unpaired) electrons. The summed E-state index contributed by atoms with van der Waals surface area (Å²) in [6.45, 7) is 3.58. The van der Waals surface area contributed by atoms with E-state index in [1.807, 2.05) is 24.5 Å². The Kier molecular flexibility index (Phi) is 7.25. The van der Waals surface area contributed by atoms with E-state index in [4.69, 9.17) is 19.4 Å².